The molecule has 0 aromatic carbocycles. The van der Waals surface area contributed by atoms with E-state index in [0.29, 0.717) is 12.2 Å². The fourth-order valence-corrected chi connectivity index (χ4v) is 2.04. The van der Waals surface area contributed by atoms with Crippen LogP contribution in [0.3, 0.4) is 0 Å². The van der Waals surface area contributed by atoms with Crippen LogP contribution < -0.4 is 0 Å². The van der Waals surface area contributed by atoms with E-state index in [-0.39, 0.29) is 5.41 Å². The van der Waals surface area contributed by atoms with Crippen LogP contribution in [0.2, 0.25) is 0 Å². The summed E-state index contributed by atoms with van der Waals surface area (Å²) < 4.78 is 0. The molecule has 1 aliphatic rings. The molecule has 0 N–H and O–H groups in total. The molecule has 1 rings (SSSR count). The van der Waals surface area contributed by atoms with Crippen LogP contribution in [0.5, 0.6) is 0 Å². The number of hydrogen-bond donors (Lipinski definition) is 0. The van der Waals surface area contributed by atoms with Crippen LogP contribution in [0.4, 0.5) is 0 Å². The molecule has 15 heavy (non-hydrogen) atoms. The molecule has 0 spiro atoms. The molecule has 0 radical (unpaired) electrons. The van der Waals surface area contributed by atoms with Crippen molar-refractivity contribution < 1.29 is 4.79 Å². The lowest BCUT2D eigenvalue weighted by Gasteiger charge is -2.18. The van der Waals surface area contributed by atoms with Crippen LogP contribution in [0.25, 0.3) is 0 Å². The van der Waals surface area contributed by atoms with Gasteiger partial charge in [0, 0.05) is 6.42 Å². The average molecular weight is 208 g/mol. The van der Waals surface area contributed by atoms with Crippen LogP contribution >= 0.6 is 0 Å². The lowest BCUT2D eigenvalue weighted by molar-refractivity contribution is -0.117. The van der Waals surface area contributed by atoms with Gasteiger partial charge in [-0.1, -0.05) is 39.7 Å². The lowest BCUT2D eigenvalue weighted by Crippen LogP contribution is -2.15. The van der Waals surface area contributed by atoms with Gasteiger partial charge in [0.05, 0.1) is 0 Å². The summed E-state index contributed by atoms with van der Waals surface area (Å²) in [5.74, 6) is 0.379. The van der Waals surface area contributed by atoms with E-state index in [1.807, 2.05) is 0 Å². The molecule has 0 aromatic heterocycles. The van der Waals surface area contributed by atoms with Crippen molar-refractivity contribution in [2.75, 3.05) is 0 Å². The highest BCUT2D eigenvalue weighted by molar-refractivity contribution is 5.95. The van der Waals surface area contributed by atoms with Crippen LogP contribution in [-0.2, 0) is 4.79 Å². The van der Waals surface area contributed by atoms with E-state index in [1.54, 1.807) is 0 Å². The first-order valence-corrected chi connectivity index (χ1v) is 6.21. The minimum atomic E-state index is 0.125. The molecule has 0 atom stereocenters. The van der Waals surface area contributed by atoms with Crippen LogP contribution in [0.15, 0.2) is 11.6 Å². The summed E-state index contributed by atoms with van der Waals surface area (Å²) in [4.78, 5) is 12.0. The van der Waals surface area contributed by atoms with Gasteiger partial charge in [-0.2, -0.15) is 0 Å². The van der Waals surface area contributed by atoms with Crippen molar-refractivity contribution in [3.05, 3.63) is 11.6 Å². The molecule has 1 heteroatoms. The number of Topliss-reactive ketones (excluding diaryl/α,β-unsaturated/α-hetero) is 1. The second-order valence-corrected chi connectivity index (χ2v) is 5.84. The number of allylic oxidation sites excluding steroid dienone is 2. The number of carbonyl (C=O) groups is 1. The van der Waals surface area contributed by atoms with E-state index < -0.39 is 0 Å². The third-order valence-electron chi connectivity index (χ3n) is 2.84. The Morgan fingerprint density at radius 1 is 1.20 bits per heavy atom. The van der Waals surface area contributed by atoms with E-state index in [0.717, 1.165) is 18.4 Å². The van der Waals surface area contributed by atoms with E-state index in [9.17, 15) is 4.79 Å². The molecule has 0 saturated heterocycles. The van der Waals surface area contributed by atoms with Crippen molar-refractivity contribution in [3.8, 4) is 0 Å². The third-order valence-corrected chi connectivity index (χ3v) is 2.84. The number of ketones is 1. The van der Waals surface area contributed by atoms with E-state index >= 15 is 0 Å². The Hall–Kier alpha value is -0.590. The van der Waals surface area contributed by atoms with Crippen LogP contribution in [0, 0.1) is 5.41 Å². The molecule has 1 aliphatic carbocycles. The van der Waals surface area contributed by atoms with Gasteiger partial charge in [0.2, 0.25) is 0 Å². The maximum atomic E-state index is 12.0. The van der Waals surface area contributed by atoms with Gasteiger partial charge in [-0.15, -0.1) is 0 Å². The van der Waals surface area contributed by atoms with Gasteiger partial charge >= 0.3 is 0 Å². The molecule has 0 amide bonds. The SMILES string of the molecule is CC(C)(C)CC(=O)/C1=C/CCCCCC1. The summed E-state index contributed by atoms with van der Waals surface area (Å²) in [6.07, 6.45) is 10.1. The zero-order valence-electron chi connectivity index (χ0n) is 10.4. The minimum Gasteiger partial charge on any atom is -0.295 e. The molecular weight excluding hydrogens is 184 g/mol. The zero-order valence-corrected chi connectivity index (χ0v) is 10.4. The smallest absolute Gasteiger partial charge is 0.159 e. The fourth-order valence-electron chi connectivity index (χ4n) is 2.04. The average Bonchev–Trinajstić information content (AvgIpc) is 1.98. The monoisotopic (exact) mass is 208 g/mol. The lowest BCUT2D eigenvalue weighted by atomic mass is 9.85. The van der Waals surface area contributed by atoms with Gasteiger partial charge in [0.1, 0.15) is 0 Å². The molecule has 86 valence electrons. The van der Waals surface area contributed by atoms with Gasteiger partial charge in [0.15, 0.2) is 5.78 Å². The maximum Gasteiger partial charge on any atom is 0.159 e. The first-order chi connectivity index (χ1) is 6.99. The standard InChI is InChI=1S/C14H24O/c1-14(2,3)11-13(15)12-9-7-5-4-6-8-10-12/h9H,4-8,10-11H2,1-3H3/b12-9+. The summed E-state index contributed by atoms with van der Waals surface area (Å²) in [6.45, 7) is 6.40. The summed E-state index contributed by atoms with van der Waals surface area (Å²) in [5.41, 5.74) is 1.23. The fraction of sp³-hybridized carbons (Fsp3) is 0.786. The molecular formula is C14H24O. The second-order valence-electron chi connectivity index (χ2n) is 5.84. The van der Waals surface area contributed by atoms with Crippen molar-refractivity contribution in [3.63, 3.8) is 0 Å². The third kappa shape index (κ3) is 5.15. The molecule has 0 fully saturated rings. The summed E-state index contributed by atoms with van der Waals surface area (Å²) in [5, 5.41) is 0. The van der Waals surface area contributed by atoms with Crippen molar-refractivity contribution in [2.24, 2.45) is 5.41 Å². The molecule has 0 heterocycles. The minimum absolute atomic E-state index is 0.125. The Balaban J connectivity index is 2.56. The molecule has 0 bridgehead atoms. The van der Waals surface area contributed by atoms with E-state index in [4.69, 9.17) is 0 Å². The van der Waals surface area contributed by atoms with Gasteiger partial charge in [-0.05, 0) is 36.7 Å². The Kier molecular flexibility index (Phi) is 4.56. The van der Waals surface area contributed by atoms with Crippen LogP contribution in [-0.4, -0.2) is 5.78 Å². The molecule has 0 aromatic rings. The number of hydrogen-bond acceptors (Lipinski definition) is 1. The highest BCUT2D eigenvalue weighted by Gasteiger charge is 2.19. The Labute approximate surface area is 93.9 Å². The molecule has 1 nitrogen and oxygen atoms in total. The Morgan fingerprint density at radius 2 is 1.87 bits per heavy atom. The van der Waals surface area contributed by atoms with E-state index in [1.165, 1.54) is 25.7 Å². The highest BCUT2D eigenvalue weighted by Crippen LogP contribution is 2.25. The molecule has 0 aliphatic heterocycles. The predicted octanol–water partition coefficient (Wildman–Crippen LogP) is 4.27. The Bertz CT molecular complexity index is 243. The van der Waals surface area contributed by atoms with Crippen molar-refractivity contribution in [1.82, 2.24) is 0 Å². The summed E-state index contributed by atoms with van der Waals surface area (Å²) in [7, 11) is 0. The number of carbonyl (C=O) groups excluding carboxylic acids is 1. The van der Waals surface area contributed by atoms with Crippen LogP contribution in [0.1, 0.15) is 65.7 Å². The van der Waals surface area contributed by atoms with E-state index in [2.05, 4.69) is 26.8 Å². The summed E-state index contributed by atoms with van der Waals surface area (Å²) >= 11 is 0. The van der Waals surface area contributed by atoms with Gasteiger partial charge in [0.25, 0.3) is 0 Å². The summed E-state index contributed by atoms with van der Waals surface area (Å²) in [6, 6.07) is 0. The van der Waals surface area contributed by atoms with Crippen molar-refractivity contribution in [1.29, 1.82) is 0 Å². The zero-order chi connectivity index (χ0) is 11.3. The molecule has 0 unspecified atom stereocenters. The predicted molar refractivity (Wildman–Crippen MR) is 64.9 cm³/mol. The first-order valence-electron chi connectivity index (χ1n) is 6.21. The van der Waals surface area contributed by atoms with Gasteiger partial charge < -0.3 is 0 Å². The van der Waals surface area contributed by atoms with Gasteiger partial charge in [-0.3, -0.25) is 4.79 Å². The normalized spacial score (nSPS) is 22.5. The first kappa shape index (κ1) is 12.5. The maximum absolute atomic E-state index is 12.0. The number of rotatable bonds is 2. The topological polar surface area (TPSA) is 17.1 Å². The van der Waals surface area contributed by atoms with Gasteiger partial charge in [-0.25, -0.2) is 0 Å². The quantitative estimate of drug-likeness (QED) is 0.662. The Morgan fingerprint density at radius 3 is 2.53 bits per heavy atom. The molecule has 0 saturated carbocycles. The highest BCUT2D eigenvalue weighted by atomic mass is 16.1. The second kappa shape index (κ2) is 5.48. The van der Waals surface area contributed by atoms with Crippen molar-refractivity contribution in [2.45, 2.75) is 65.7 Å². The largest absolute Gasteiger partial charge is 0.295 e. The van der Waals surface area contributed by atoms with Crippen molar-refractivity contribution >= 4 is 5.78 Å².